The third kappa shape index (κ3) is 7.31. The molecule has 0 bridgehead atoms. The lowest BCUT2D eigenvalue weighted by Gasteiger charge is -2.31. The number of carbonyl (C=O) groups is 1. The molecule has 0 aliphatic carbocycles. The van der Waals surface area contributed by atoms with E-state index in [-0.39, 0.29) is 32.8 Å². The third-order valence-electron chi connectivity index (χ3n) is 2.73. The second kappa shape index (κ2) is 12.1. The Labute approximate surface area is 144 Å². The molecule has 3 N–H and O–H groups in total. The van der Waals surface area contributed by atoms with E-state index in [9.17, 15) is 13.9 Å². The highest BCUT2D eigenvalue weighted by Gasteiger charge is 2.51. The lowest BCUT2D eigenvalue weighted by Crippen LogP contribution is -2.37. The van der Waals surface area contributed by atoms with E-state index in [1.165, 1.54) is 0 Å². The first-order chi connectivity index (χ1) is 11.3. The van der Waals surface area contributed by atoms with Crippen molar-refractivity contribution in [2.24, 2.45) is 5.73 Å². The fraction of sp³-hybridized carbons (Fsp3) is 0.923. The standard InChI is InChI=1S/C13H30N2O7P2/c1-5-19-23(17,20-6-2)13(15-12(16)10-9-11-14)24(18,21-7-3)22-8-4/h13H,5-11,14H2,1-4H3,(H,15,16). The number of hydrogen-bond acceptors (Lipinski definition) is 8. The Morgan fingerprint density at radius 2 is 1.29 bits per heavy atom. The molecule has 0 fully saturated rings. The van der Waals surface area contributed by atoms with Crippen molar-refractivity contribution < 1.29 is 32.0 Å². The first-order valence-corrected chi connectivity index (χ1v) is 11.3. The van der Waals surface area contributed by atoms with Gasteiger partial charge in [0.05, 0.1) is 26.4 Å². The van der Waals surface area contributed by atoms with E-state index in [2.05, 4.69) is 5.32 Å². The molecule has 0 rings (SSSR count). The molecule has 9 nitrogen and oxygen atoms in total. The molecular weight excluding hydrogens is 358 g/mol. The van der Waals surface area contributed by atoms with Crippen LogP contribution in [0, 0.1) is 0 Å². The molecule has 0 aromatic carbocycles. The van der Waals surface area contributed by atoms with Gasteiger partial charge in [0.15, 0.2) is 0 Å². The summed E-state index contributed by atoms with van der Waals surface area (Å²) in [7, 11) is -7.95. The summed E-state index contributed by atoms with van der Waals surface area (Å²) in [5.41, 5.74) is 3.85. The maximum absolute atomic E-state index is 13.1. The van der Waals surface area contributed by atoms with Crippen LogP contribution >= 0.6 is 15.2 Å². The van der Waals surface area contributed by atoms with Gasteiger partial charge < -0.3 is 29.1 Å². The van der Waals surface area contributed by atoms with Crippen LogP contribution in [0.25, 0.3) is 0 Å². The van der Waals surface area contributed by atoms with Gasteiger partial charge >= 0.3 is 15.2 Å². The number of nitrogens with one attached hydrogen (secondary N) is 1. The van der Waals surface area contributed by atoms with E-state index in [0.29, 0.717) is 13.0 Å². The Hall–Kier alpha value is -0.270. The normalized spacial score (nSPS) is 12.6. The number of rotatable bonds is 14. The number of hydrogen-bond donors (Lipinski definition) is 2. The van der Waals surface area contributed by atoms with Crippen molar-refractivity contribution >= 4 is 21.1 Å². The van der Waals surface area contributed by atoms with Crippen LogP contribution in [0.2, 0.25) is 0 Å². The van der Waals surface area contributed by atoms with Crippen molar-refractivity contribution in [1.82, 2.24) is 5.32 Å². The molecule has 1 amide bonds. The number of amides is 1. The summed E-state index contributed by atoms with van der Waals surface area (Å²) in [4.78, 5) is 12.1. The minimum atomic E-state index is -3.97. The first kappa shape index (κ1) is 23.7. The second-order valence-electron chi connectivity index (χ2n) is 4.58. The zero-order valence-electron chi connectivity index (χ0n) is 14.9. The fourth-order valence-corrected chi connectivity index (χ4v) is 6.83. The van der Waals surface area contributed by atoms with Gasteiger partial charge in [-0.1, -0.05) is 0 Å². The molecule has 24 heavy (non-hydrogen) atoms. The molecule has 11 heteroatoms. The Morgan fingerprint density at radius 3 is 1.58 bits per heavy atom. The molecule has 0 spiro atoms. The van der Waals surface area contributed by atoms with Gasteiger partial charge in [-0.05, 0) is 40.7 Å². The predicted molar refractivity (Wildman–Crippen MR) is 91.9 cm³/mol. The number of carbonyl (C=O) groups excluding carboxylic acids is 1. The summed E-state index contributed by atoms with van der Waals surface area (Å²) in [5.74, 6) is -0.482. The van der Waals surface area contributed by atoms with Crippen LogP contribution in [-0.2, 0) is 32.0 Å². The molecular formula is C13H30N2O7P2. The highest BCUT2D eigenvalue weighted by molar-refractivity contribution is 7.72. The van der Waals surface area contributed by atoms with Crippen LogP contribution in [0.5, 0.6) is 0 Å². The van der Waals surface area contributed by atoms with Crippen LogP contribution in [0.4, 0.5) is 0 Å². The molecule has 0 atom stereocenters. The van der Waals surface area contributed by atoms with Crippen molar-refractivity contribution in [2.45, 2.75) is 46.1 Å². The average Bonchev–Trinajstić information content (AvgIpc) is 2.51. The average molecular weight is 388 g/mol. The van der Waals surface area contributed by atoms with Crippen molar-refractivity contribution in [1.29, 1.82) is 0 Å². The van der Waals surface area contributed by atoms with Gasteiger partial charge in [-0.15, -0.1) is 0 Å². The predicted octanol–water partition coefficient (Wildman–Crippen LogP) is 2.66. The maximum Gasteiger partial charge on any atom is 0.365 e. The summed E-state index contributed by atoms with van der Waals surface area (Å²) in [6, 6.07) is 0. The SMILES string of the molecule is CCOP(=O)(OCC)C(NC(=O)CCCN)P(=O)(OCC)OCC. The van der Waals surface area contributed by atoms with Gasteiger partial charge in [0.2, 0.25) is 11.4 Å². The lowest BCUT2D eigenvalue weighted by molar-refractivity contribution is -0.121. The highest BCUT2D eigenvalue weighted by atomic mass is 31.2. The van der Waals surface area contributed by atoms with Gasteiger partial charge in [-0.2, -0.15) is 0 Å². The van der Waals surface area contributed by atoms with E-state index in [0.717, 1.165) is 0 Å². The lowest BCUT2D eigenvalue weighted by atomic mass is 10.3. The topological polar surface area (TPSA) is 126 Å². The molecule has 0 heterocycles. The Kier molecular flexibility index (Phi) is 12.0. The maximum atomic E-state index is 13.1. The third-order valence-corrected chi connectivity index (χ3v) is 8.36. The summed E-state index contributed by atoms with van der Waals surface area (Å²) >= 11 is 0. The zero-order valence-corrected chi connectivity index (χ0v) is 16.6. The molecule has 0 unspecified atom stereocenters. The highest BCUT2D eigenvalue weighted by Crippen LogP contribution is 2.69. The van der Waals surface area contributed by atoms with Gasteiger partial charge in [-0.3, -0.25) is 13.9 Å². The molecule has 0 aliphatic rings. The molecule has 0 aromatic heterocycles. The van der Waals surface area contributed by atoms with Crippen molar-refractivity contribution in [3.63, 3.8) is 0 Å². The van der Waals surface area contributed by atoms with E-state index in [4.69, 9.17) is 23.8 Å². The van der Waals surface area contributed by atoms with E-state index in [1.807, 2.05) is 0 Å². The first-order valence-electron chi connectivity index (χ1n) is 8.10. The van der Waals surface area contributed by atoms with E-state index < -0.39 is 26.6 Å². The van der Waals surface area contributed by atoms with E-state index >= 15 is 0 Å². The van der Waals surface area contributed by atoms with Crippen LogP contribution in [0.15, 0.2) is 0 Å². The number of nitrogens with two attached hydrogens (primary N) is 1. The fourth-order valence-electron chi connectivity index (χ4n) is 1.89. The largest absolute Gasteiger partial charge is 0.365 e. The molecule has 0 saturated carbocycles. The Balaban J connectivity index is 5.73. The quantitative estimate of drug-likeness (QED) is 0.435. The molecule has 0 aromatic rings. The van der Waals surface area contributed by atoms with Gasteiger partial charge in [0.1, 0.15) is 0 Å². The van der Waals surface area contributed by atoms with Crippen molar-refractivity contribution in [3.05, 3.63) is 0 Å². The molecule has 0 aliphatic heterocycles. The van der Waals surface area contributed by atoms with Crippen LogP contribution in [-0.4, -0.2) is 44.4 Å². The van der Waals surface area contributed by atoms with Gasteiger partial charge in [0.25, 0.3) is 0 Å². The van der Waals surface area contributed by atoms with Gasteiger partial charge in [0, 0.05) is 6.42 Å². The van der Waals surface area contributed by atoms with Gasteiger partial charge in [-0.25, -0.2) is 0 Å². The Bertz CT molecular complexity index is 412. The van der Waals surface area contributed by atoms with Crippen molar-refractivity contribution in [3.8, 4) is 0 Å². The monoisotopic (exact) mass is 388 g/mol. The summed E-state index contributed by atoms with van der Waals surface area (Å²) in [6.07, 6.45) is 0.517. The summed E-state index contributed by atoms with van der Waals surface area (Å²) < 4.78 is 47.2. The van der Waals surface area contributed by atoms with Crippen LogP contribution in [0.1, 0.15) is 40.5 Å². The Morgan fingerprint density at radius 1 is 0.917 bits per heavy atom. The zero-order chi connectivity index (χ0) is 18.6. The smallest absolute Gasteiger partial charge is 0.332 e. The minimum absolute atomic E-state index is 0.0463. The molecule has 0 radical (unpaired) electrons. The molecule has 144 valence electrons. The summed E-state index contributed by atoms with van der Waals surface area (Å²) in [6.45, 7) is 6.97. The van der Waals surface area contributed by atoms with E-state index in [1.54, 1.807) is 27.7 Å². The second-order valence-corrected chi connectivity index (χ2v) is 9.22. The van der Waals surface area contributed by atoms with Crippen molar-refractivity contribution in [2.75, 3.05) is 33.0 Å². The van der Waals surface area contributed by atoms with Crippen LogP contribution in [0.3, 0.4) is 0 Å². The minimum Gasteiger partial charge on any atom is -0.332 e. The van der Waals surface area contributed by atoms with Crippen LogP contribution < -0.4 is 11.1 Å². The molecule has 0 saturated heterocycles. The summed E-state index contributed by atoms with van der Waals surface area (Å²) in [5, 5.41) is 2.45.